The van der Waals surface area contributed by atoms with E-state index in [-0.39, 0.29) is 6.54 Å². The molecule has 0 bridgehead atoms. The third-order valence-electron chi connectivity index (χ3n) is 5.07. The van der Waals surface area contributed by atoms with E-state index in [9.17, 15) is 18.4 Å². The number of thiophene rings is 1. The van der Waals surface area contributed by atoms with Gasteiger partial charge in [0.1, 0.15) is 4.88 Å². The lowest BCUT2D eigenvalue weighted by Gasteiger charge is -2.39. The molecule has 28 heavy (non-hydrogen) atoms. The highest BCUT2D eigenvalue weighted by molar-refractivity contribution is 7.12. The second-order valence-corrected chi connectivity index (χ2v) is 8.22. The summed E-state index contributed by atoms with van der Waals surface area (Å²) in [4.78, 5) is 26.3. The van der Waals surface area contributed by atoms with Gasteiger partial charge in [-0.05, 0) is 42.0 Å². The van der Waals surface area contributed by atoms with Crippen LogP contribution in [0.15, 0.2) is 29.6 Å². The van der Waals surface area contributed by atoms with Crippen LogP contribution in [-0.4, -0.2) is 27.7 Å². The van der Waals surface area contributed by atoms with Crippen LogP contribution in [0.25, 0.3) is 0 Å². The van der Waals surface area contributed by atoms with Crippen LogP contribution in [0, 0.1) is 11.6 Å². The molecule has 1 saturated carbocycles. The number of benzene rings is 1. The van der Waals surface area contributed by atoms with Crippen molar-refractivity contribution >= 4 is 34.9 Å². The van der Waals surface area contributed by atoms with E-state index in [1.165, 1.54) is 22.4 Å². The fourth-order valence-corrected chi connectivity index (χ4v) is 4.82. The Morgan fingerprint density at radius 2 is 1.93 bits per heavy atom. The number of rotatable bonds is 3. The van der Waals surface area contributed by atoms with E-state index in [1.807, 2.05) is 0 Å². The average Bonchev–Trinajstić information content (AvgIpc) is 3.20. The summed E-state index contributed by atoms with van der Waals surface area (Å²) in [5.74, 6) is -2.43. The van der Waals surface area contributed by atoms with Gasteiger partial charge in [-0.2, -0.15) is 0 Å². The van der Waals surface area contributed by atoms with Crippen LogP contribution in [0.2, 0.25) is 5.02 Å². The topological polar surface area (TPSA) is 49.9 Å². The molecule has 4 rings (SSSR count). The molecular weight excluding hydrogens is 410 g/mol. The molecule has 1 saturated heterocycles. The molecule has 0 atom stereocenters. The molecule has 1 spiro atoms. The number of halogens is 3. The van der Waals surface area contributed by atoms with Crippen molar-refractivity contribution in [2.24, 2.45) is 0 Å². The minimum Gasteiger partial charge on any atom is -0.419 e. The van der Waals surface area contributed by atoms with Gasteiger partial charge in [0, 0.05) is 12.8 Å². The maximum atomic E-state index is 13.6. The summed E-state index contributed by atoms with van der Waals surface area (Å²) in [6, 6.07) is 4.99. The van der Waals surface area contributed by atoms with Crippen LogP contribution in [0.5, 0.6) is 0 Å². The van der Waals surface area contributed by atoms with E-state index in [2.05, 4.69) is 0 Å². The minimum absolute atomic E-state index is 0.119. The second-order valence-electron chi connectivity index (χ2n) is 6.90. The highest BCUT2D eigenvalue weighted by Gasteiger charge is 2.55. The monoisotopic (exact) mass is 426 g/mol. The summed E-state index contributed by atoms with van der Waals surface area (Å²) >= 11 is 7.33. The summed E-state index contributed by atoms with van der Waals surface area (Å²) in [6.07, 6.45) is 2.96. The molecule has 9 heteroatoms. The van der Waals surface area contributed by atoms with Gasteiger partial charge in [0.05, 0.1) is 11.6 Å². The molecule has 2 fully saturated rings. The number of hydrogen-bond acceptors (Lipinski definition) is 4. The number of hydrogen-bond donors (Lipinski definition) is 0. The van der Waals surface area contributed by atoms with Gasteiger partial charge < -0.3 is 4.74 Å². The van der Waals surface area contributed by atoms with E-state index in [0.29, 0.717) is 28.3 Å². The van der Waals surface area contributed by atoms with E-state index in [4.69, 9.17) is 16.3 Å². The molecule has 1 aromatic carbocycles. The molecule has 5 nitrogen and oxygen atoms in total. The fraction of sp³-hybridized carbons (Fsp3) is 0.368. The van der Waals surface area contributed by atoms with Gasteiger partial charge in [-0.3, -0.25) is 4.79 Å². The smallest absolute Gasteiger partial charge is 0.419 e. The van der Waals surface area contributed by atoms with Gasteiger partial charge in [-0.1, -0.05) is 24.1 Å². The molecule has 2 aliphatic rings. The Morgan fingerprint density at radius 3 is 2.57 bits per heavy atom. The van der Waals surface area contributed by atoms with E-state index in [0.717, 1.165) is 36.4 Å². The minimum atomic E-state index is -1.07. The van der Waals surface area contributed by atoms with Crippen LogP contribution in [-0.2, 0) is 11.3 Å². The number of hydrazine groups is 1. The molecular formula is C19H17ClF2N2O3S. The van der Waals surface area contributed by atoms with E-state index >= 15 is 0 Å². The summed E-state index contributed by atoms with van der Waals surface area (Å²) in [5.41, 5.74) is -0.725. The van der Waals surface area contributed by atoms with E-state index in [1.54, 1.807) is 11.4 Å². The molecule has 1 aromatic heterocycles. The van der Waals surface area contributed by atoms with Gasteiger partial charge in [-0.25, -0.2) is 23.6 Å². The van der Waals surface area contributed by atoms with Gasteiger partial charge in [-0.15, -0.1) is 11.3 Å². The predicted octanol–water partition coefficient (Wildman–Crippen LogP) is 5.35. The first kappa shape index (κ1) is 19.1. The second kappa shape index (κ2) is 7.33. The normalized spacial score (nSPS) is 18.6. The first-order valence-electron chi connectivity index (χ1n) is 8.93. The Morgan fingerprint density at radius 1 is 1.18 bits per heavy atom. The Kier molecular flexibility index (Phi) is 5.01. The zero-order valence-corrected chi connectivity index (χ0v) is 16.4. The predicted molar refractivity (Wildman–Crippen MR) is 99.7 cm³/mol. The first-order chi connectivity index (χ1) is 13.4. The molecule has 1 aliphatic carbocycles. The quantitative estimate of drug-likeness (QED) is 0.664. The van der Waals surface area contributed by atoms with Crippen LogP contribution in [0.1, 0.15) is 47.3 Å². The Bertz CT molecular complexity index is 930. The molecule has 2 amide bonds. The molecule has 0 radical (unpaired) electrons. The van der Waals surface area contributed by atoms with Crippen molar-refractivity contribution in [2.45, 2.75) is 44.4 Å². The lowest BCUT2D eigenvalue weighted by atomic mass is 9.91. The maximum Gasteiger partial charge on any atom is 0.431 e. The van der Waals surface area contributed by atoms with Crippen molar-refractivity contribution < 1.29 is 23.1 Å². The summed E-state index contributed by atoms with van der Waals surface area (Å²) in [6.45, 7) is -0.119. The summed E-state index contributed by atoms with van der Waals surface area (Å²) < 4.78 is 32.6. The van der Waals surface area contributed by atoms with Crippen molar-refractivity contribution in [2.75, 3.05) is 0 Å². The molecule has 148 valence electrons. The summed E-state index contributed by atoms with van der Waals surface area (Å²) in [7, 11) is 0. The molecule has 0 N–H and O–H groups in total. The lowest BCUT2D eigenvalue weighted by Crippen LogP contribution is -2.54. The Labute approximate surface area is 169 Å². The third kappa shape index (κ3) is 3.24. The van der Waals surface area contributed by atoms with Crippen LogP contribution < -0.4 is 0 Å². The Hall–Kier alpha value is -2.19. The Balaban J connectivity index is 1.72. The van der Waals surface area contributed by atoms with Gasteiger partial charge in [0.15, 0.2) is 11.6 Å². The standard InChI is InChI=1S/C19H17ClF2N2O3S/c20-13-6-9-28-16(13)17(25)24-19(7-2-1-3-8-19)27-18(26)23(24)11-12-4-5-14(21)15(22)10-12/h4-6,9-10H,1-3,7-8,11H2. The lowest BCUT2D eigenvalue weighted by molar-refractivity contribution is -0.106. The number of amides is 2. The third-order valence-corrected chi connectivity index (χ3v) is 6.40. The largest absolute Gasteiger partial charge is 0.431 e. The highest BCUT2D eigenvalue weighted by Crippen LogP contribution is 2.43. The van der Waals surface area contributed by atoms with Gasteiger partial charge in [0.25, 0.3) is 5.91 Å². The van der Waals surface area contributed by atoms with Crippen molar-refractivity contribution in [3.05, 3.63) is 56.7 Å². The fourth-order valence-electron chi connectivity index (χ4n) is 3.76. The number of carbonyl (C=O) groups is 2. The van der Waals surface area contributed by atoms with Crippen LogP contribution in [0.4, 0.5) is 13.6 Å². The van der Waals surface area contributed by atoms with Crippen molar-refractivity contribution in [3.8, 4) is 0 Å². The molecule has 2 aromatic rings. The van der Waals surface area contributed by atoms with Crippen molar-refractivity contribution in [3.63, 3.8) is 0 Å². The van der Waals surface area contributed by atoms with Crippen LogP contribution in [0.3, 0.4) is 0 Å². The van der Waals surface area contributed by atoms with Crippen molar-refractivity contribution in [1.29, 1.82) is 0 Å². The van der Waals surface area contributed by atoms with E-state index < -0.39 is 29.4 Å². The number of carbonyl (C=O) groups excluding carboxylic acids is 2. The summed E-state index contributed by atoms with van der Waals surface area (Å²) in [5, 5.41) is 4.49. The van der Waals surface area contributed by atoms with Crippen LogP contribution >= 0.6 is 22.9 Å². The van der Waals surface area contributed by atoms with Gasteiger partial charge in [0.2, 0.25) is 5.72 Å². The zero-order valence-electron chi connectivity index (χ0n) is 14.8. The number of nitrogens with zero attached hydrogens (tertiary/aromatic N) is 2. The first-order valence-corrected chi connectivity index (χ1v) is 10.2. The highest BCUT2D eigenvalue weighted by atomic mass is 35.5. The molecule has 2 heterocycles. The van der Waals surface area contributed by atoms with Crippen molar-refractivity contribution in [1.82, 2.24) is 10.0 Å². The van der Waals surface area contributed by atoms with Gasteiger partial charge >= 0.3 is 6.09 Å². The number of ether oxygens (including phenoxy) is 1. The molecule has 0 unspecified atom stereocenters. The maximum absolute atomic E-state index is 13.6. The molecule has 1 aliphatic heterocycles. The average molecular weight is 427 g/mol. The zero-order chi connectivity index (χ0) is 19.9. The SMILES string of the molecule is O=C1OC2(CCCCC2)N(C(=O)c2sccc2Cl)N1Cc1ccc(F)c(F)c1.